The predicted molar refractivity (Wildman–Crippen MR) is 102 cm³/mol. The van der Waals surface area contributed by atoms with Crippen molar-refractivity contribution in [1.29, 1.82) is 0 Å². The minimum atomic E-state index is -0.148. The number of amides is 2. The SMILES string of the molecule is O=C(NC1CCCCC1)c1cc(NCC(=O)N2CCOCC2)ccc1Cl. The van der Waals surface area contributed by atoms with E-state index in [4.69, 9.17) is 16.3 Å². The van der Waals surface area contributed by atoms with E-state index in [9.17, 15) is 9.59 Å². The van der Waals surface area contributed by atoms with E-state index in [1.165, 1.54) is 6.42 Å². The van der Waals surface area contributed by atoms with Crippen molar-refractivity contribution in [3.05, 3.63) is 28.8 Å². The van der Waals surface area contributed by atoms with Gasteiger partial charge in [-0.05, 0) is 31.0 Å². The van der Waals surface area contributed by atoms with Crippen LogP contribution in [-0.4, -0.2) is 55.6 Å². The van der Waals surface area contributed by atoms with Crippen molar-refractivity contribution < 1.29 is 14.3 Å². The fourth-order valence-corrected chi connectivity index (χ4v) is 3.62. The molecule has 2 fully saturated rings. The first-order valence-corrected chi connectivity index (χ1v) is 9.71. The van der Waals surface area contributed by atoms with Gasteiger partial charge in [-0.3, -0.25) is 9.59 Å². The molecule has 0 radical (unpaired) electrons. The summed E-state index contributed by atoms with van der Waals surface area (Å²) in [6, 6.07) is 5.42. The van der Waals surface area contributed by atoms with Crippen LogP contribution in [0, 0.1) is 0 Å². The molecule has 7 heteroatoms. The minimum Gasteiger partial charge on any atom is -0.378 e. The number of morpholine rings is 1. The van der Waals surface area contributed by atoms with Crippen molar-refractivity contribution >= 4 is 29.1 Å². The van der Waals surface area contributed by atoms with Crippen molar-refractivity contribution in [2.45, 2.75) is 38.1 Å². The fraction of sp³-hybridized carbons (Fsp3) is 0.579. The van der Waals surface area contributed by atoms with Gasteiger partial charge in [0.25, 0.3) is 5.91 Å². The number of nitrogens with one attached hydrogen (secondary N) is 2. The topological polar surface area (TPSA) is 70.7 Å². The molecular formula is C19H26ClN3O3. The lowest BCUT2D eigenvalue weighted by Crippen LogP contribution is -2.43. The number of hydrogen-bond acceptors (Lipinski definition) is 4. The summed E-state index contributed by atoms with van der Waals surface area (Å²) < 4.78 is 5.26. The standard InChI is InChI=1S/C19H26ClN3O3/c20-17-7-6-15(21-13-18(24)23-8-10-26-11-9-23)12-16(17)19(25)22-14-4-2-1-3-5-14/h6-7,12,14,21H,1-5,8-11,13H2,(H,22,25). The maximum atomic E-state index is 12.6. The second-order valence-corrected chi connectivity index (χ2v) is 7.26. The van der Waals surface area contributed by atoms with Crippen LogP contribution in [0.15, 0.2) is 18.2 Å². The second kappa shape index (κ2) is 9.24. The van der Waals surface area contributed by atoms with Crippen molar-refractivity contribution in [2.24, 2.45) is 0 Å². The summed E-state index contributed by atoms with van der Waals surface area (Å²) in [5.41, 5.74) is 1.16. The van der Waals surface area contributed by atoms with Gasteiger partial charge in [-0.1, -0.05) is 30.9 Å². The summed E-state index contributed by atoms with van der Waals surface area (Å²) in [4.78, 5) is 26.6. The molecule has 1 aliphatic heterocycles. The number of anilines is 1. The summed E-state index contributed by atoms with van der Waals surface area (Å²) in [5, 5.41) is 6.60. The minimum absolute atomic E-state index is 0.0245. The number of carbonyl (C=O) groups is 2. The van der Waals surface area contributed by atoms with Crippen LogP contribution in [0.5, 0.6) is 0 Å². The molecule has 1 aromatic rings. The Hall–Kier alpha value is -1.79. The molecule has 1 aliphatic carbocycles. The second-order valence-electron chi connectivity index (χ2n) is 6.85. The number of benzene rings is 1. The number of nitrogens with zero attached hydrogens (tertiary/aromatic N) is 1. The van der Waals surface area contributed by atoms with Crippen LogP contribution < -0.4 is 10.6 Å². The molecule has 0 atom stereocenters. The summed E-state index contributed by atoms with van der Waals surface area (Å²) in [6.45, 7) is 2.59. The molecule has 2 amide bonds. The maximum absolute atomic E-state index is 12.6. The van der Waals surface area contributed by atoms with Gasteiger partial charge in [0.2, 0.25) is 5.91 Å². The van der Waals surface area contributed by atoms with E-state index in [1.54, 1.807) is 23.1 Å². The Morgan fingerprint density at radius 1 is 1.15 bits per heavy atom. The summed E-state index contributed by atoms with van der Waals surface area (Å²) in [5.74, 6) is -0.124. The number of halogens is 1. The lowest BCUT2D eigenvalue weighted by molar-refractivity contribution is -0.133. The van der Waals surface area contributed by atoms with Crippen molar-refractivity contribution in [3.8, 4) is 0 Å². The highest BCUT2D eigenvalue weighted by molar-refractivity contribution is 6.34. The van der Waals surface area contributed by atoms with Gasteiger partial charge in [0.05, 0.1) is 30.3 Å². The van der Waals surface area contributed by atoms with Crippen LogP contribution in [0.25, 0.3) is 0 Å². The number of hydrogen-bond donors (Lipinski definition) is 2. The summed E-state index contributed by atoms with van der Waals surface area (Å²) in [7, 11) is 0. The van der Waals surface area contributed by atoms with Gasteiger partial charge in [0.1, 0.15) is 0 Å². The molecule has 0 aromatic heterocycles. The molecule has 0 bridgehead atoms. The molecule has 3 rings (SSSR count). The van der Waals surface area contributed by atoms with Gasteiger partial charge in [-0.25, -0.2) is 0 Å². The molecule has 1 saturated carbocycles. The quantitative estimate of drug-likeness (QED) is 0.825. The highest BCUT2D eigenvalue weighted by atomic mass is 35.5. The monoisotopic (exact) mass is 379 g/mol. The van der Waals surface area contributed by atoms with Crippen molar-refractivity contribution in [1.82, 2.24) is 10.2 Å². The average molecular weight is 380 g/mol. The number of carbonyl (C=O) groups excluding carboxylic acids is 2. The van der Waals surface area contributed by atoms with Crippen LogP contribution in [0.2, 0.25) is 5.02 Å². The highest BCUT2D eigenvalue weighted by Gasteiger charge is 2.19. The van der Waals surface area contributed by atoms with E-state index >= 15 is 0 Å². The van der Waals surface area contributed by atoms with Crippen LogP contribution in [0.4, 0.5) is 5.69 Å². The van der Waals surface area contributed by atoms with E-state index in [1.807, 2.05) is 0 Å². The third kappa shape index (κ3) is 5.11. The summed E-state index contributed by atoms with van der Waals surface area (Å²) in [6.07, 6.45) is 5.60. The zero-order valence-electron chi connectivity index (χ0n) is 14.9. The average Bonchev–Trinajstić information content (AvgIpc) is 2.68. The first-order chi connectivity index (χ1) is 12.6. The molecule has 2 N–H and O–H groups in total. The smallest absolute Gasteiger partial charge is 0.253 e. The van der Waals surface area contributed by atoms with Crippen molar-refractivity contribution in [3.63, 3.8) is 0 Å². The van der Waals surface area contributed by atoms with Gasteiger partial charge >= 0.3 is 0 Å². The third-order valence-electron chi connectivity index (χ3n) is 4.96. The number of rotatable bonds is 5. The van der Waals surface area contributed by atoms with Crippen LogP contribution in [0.1, 0.15) is 42.5 Å². The first kappa shape index (κ1) is 19.0. The molecule has 1 saturated heterocycles. The van der Waals surface area contributed by atoms with Gasteiger partial charge in [-0.2, -0.15) is 0 Å². The lowest BCUT2D eigenvalue weighted by atomic mass is 9.95. The Kier molecular flexibility index (Phi) is 6.74. The largest absolute Gasteiger partial charge is 0.378 e. The van der Waals surface area contributed by atoms with Gasteiger partial charge in [-0.15, -0.1) is 0 Å². The van der Waals surface area contributed by atoms with Crippen LogP contribution >= 0.6 is 11.6 Å². The van der Waals surface area contributed by atoms with Gasteiger partial charge in [0, 0.05) is 24.8 Å². The fourth-order valence-electron chi connectivity index (χ4n) is 3.42. The predicted octanol–water partition coefficient (Wildman–Crippen LogP) is 2.67. The molecule has 142 valence electrons. The Labute approximate surface area is 159 Å². The Morgan fingerprint density at radius 2 is 1.88 bits per heavy atom. The Balaban J connectivity index is 1.57. The lowest BCUT2D eigenvalue weighted by Gasteiger charge is -2.27. The molecule has 0 spiro atoms. The van der Waals surface area contributed by atoms with E-state index in [0.29, 0.717) is 42.6 Å². The maximum Gasteiger partial charge on any atom is 0.253 e. The van der Waals surface area contributed by atoms with Crippen LogP contribution in [-0.2, 0) is 9.53 Å². The number of ether oxygens (including phenoxy) is 1. The highest BCUT2D eigenvalue weighted by Crippen LogP contribution is 2.22. The zero-order chi connectivity index (χ0) is 18.4. The van der Waals surface area contributed by atoms with E-state index < -0.39 is 0 Å². The van der Waals surface area contributed by atoms with E-state index in [2.05, 4.69) is 10.6 Å². The molecule has 6 nitrogen and oxygen atoms in total. The van der Waals surface area contributed by atoms with Crippen LogP contribution in [0.3, 0.4) is 0 Å². The van der Waals surface area contributed by atoms with E-state index in [-0.39, 0.29) is 24.4 Å². The first-order valence-electron chi connectivity index (χ1n) is 9.33. The molecule has 1 aromatic carbocycles. The normalized spacial score (nSPS) is 18.4. The van der Waals surface area contributed by atoms with Gasteiger partial charge in [0.15, 0.2) is 0 Å². The molecule has 0 unspecified atom stereocenters. The summed E-state index contributed by atoms with van der Waals surface area (Å²) >= 11 is 6.22. The molecule has 1 heterocycles. The third-order valence-corrected chi connectivity index (χ3v) is 5.29. The Bertz CT molecular complexity index is 641. The molecule has 2 aliphatic rings. The molecular weight excluding hydrogens is 354 g/mol. The van der Waals surface area contributed by atoms with E-state index in [0.717, 1.165) is 25.7 Å². The molecule has 26 heavy (non-hydrogen) atoms. The zero-order valence-corrected chi connectivity index (χ0v) is 15.7. The van der Waals surface area contributed by atoms with Crippen molar-refractivity contribution in [2.75, 3.05) is 38.2 Å². The van der Waals surface area contributed by atoms with Gasteiger partial charge < -0.3 is 20.3 Å². The Morgan fingerprint density at radius 3 is 2.62 bits per heavy atom.